The molecule has 0 spiro atoms. The largest absolute Gasteiger partial charge is 0.301 e. The number of fused-ring (bicyclic) bond motifs is 2. The fraction of sp³-hybridized carbons (Fsp3) is 0.857. The van der Waals surface area contributed by atoms with E-state index in [0.717, 1.165) is 24.2 Å². The molecule has 2 rings (SSSR count). The molecule has 15 heavy (non-hydrogen) atoms. The van der Waals surface area contributed by atoms with E-state index in [0.29, 0.717) is 6.04 Å². The number of nitrogens with one attached hydrogen (secondary N) is 1. The summed E-state index contributed by atoms with van der Waals surface area (Å²) in [7, 11) is 0. The van der Waals surface area contributed by atoms with E-state index in [1.807, 2.05) is 0 Å². The van der Waals surface area contributed by atoms with Crippen LogP contribution in [0.25, 0.3) is 0 Å². The van der Waals surface area contributed by atoms with E-state index in [-0.39, 0.29) is 6.04 Å². The van der Waals surface area contributed by atoms with Gasteiger partial charge in [0.1, 0.15) is 0 Å². The van der Waals surface area contributed by atoms with Gasteiger partial charge in [0, 0.05) is 6.04 Å². The van der Waals surface area contributed by atoms with Crippen molar-refractivity contribution in [3.05, 3.63) is 0 Å². The van der Waals surface area contributed by atoms with Crippen LogP contribution in [-0.4, -0.2) is 12.1 Å². The summed E-state index contributed by atoms with van der Waals surface area (Å²) in [5, 5.41) is 3.61. The van der Waals surface area contributed by atoms with Crippen LogP contribution < -0.4 is 5.32 Å². The minimum absolute atomic E-state index is 0.277. The summed E-state index contributed by atoms with van der Waals surface area (Å²) in [6.07, 6.45) is 12.4. The summed E-state index contributed by atoms with van der Waals surface area (Å²) >= 11 is 0. The molecule has 2 saturated carbocycles. The van der Waals surface area contributed by atoms with Crippen LogP contribution in [0.3, 0.4) is 0 Å². The SMILES string of the molecule is C#CC(CC)NC(C)C1CC2CCC1C2. The Balaban J connectivity index is 1.86. The smallest absolute Gasteiger partial charge is 0.0686 e. The number of hydrogen-bond donors (Lipinski definition) is 1. The highest BCUT2D eigenvalue weighted by molar-refractivity contribution is 5.01. The van der Waals surface area contributed by atoms with E-state index in [1.165, 1.54) is 25.7 Å². The van der Waals surface area contributed by atoms with Gasteiger partial charge in [-0.05, 0) is 50.4 Å². The molecule has 1 heteroatoms. The van der Waals surface area contributed by atoms with Crippen LogP contribution in [0.15, 0.2) is 0 Å². The third kappa shape index (κ3) is 2.21. The van der Waals surface area contributed by atoms with Gasteiger partial charge in [0.25, 0.3) is 0 Å². The zero-order valence-corrected chi connectivity index (χ0v) is 10.00. The standard InChI is InChI=1S/C14H23N/c1-4-13(5-2)15-10(3)14-9-11-6-7-12(14)8-11/h1,10-15H,5-9H2,2-3H3. The summed E-state index contributed by atoms with van der Waals surface area (Å²) in [5.74, 6) is 5.76. The highest BCUT2D eigenvalue weighted by Crippen LogP contribution is 2.49. The summed E-state index contributed by atoms with van der Waals surface area (Å²) < 4.78 is 0. The fourth-order valence-corrected chi connectivity index (χ4v) is 3.63. The van der Waals surface area contributed by atoms with Crippen molar-refractivity contribution < 1.29 is 0 Å². The van der Waals surface area contributed by atoms with Crippen LogP contribution in [0, 0.1) is 30.1 Å². The van der Waals surface area contributed by atoms with Gasteiger partial charge in [0.2, 0.25) is 0 Å². The molecule has 2 aliphatic rings. The van der Waals surface area contributed by atoms with Gasteiger partial charge in [-0.3, -0.25) is 0 Å². The van der Waals surface area contributed by atoms with Crippen molar-refractivity contribution >= 4 is 0 Å². The van der Waals surface area contributed by atoms with Gasteiger partial charge in [0.05, 0.1) is 6.04 Å². The van der Waals surface area contributed by atoms with Crippen LogP contribution in [0.1, 0.15) is 46.0 Å². The highest BCUT2D eigenvalue weighted by Gasteiger charge is 2.41. The molecule has 0 aromatic rings. The van der Waals surface area contributed by atoms with Gasteiger partial charge >= 0.3 is 0 Å². The second-order valence-corrected chi connectivity index (χ2v) is 5.42. The van der Waals surface area contributed by atoms with E-state index in [2.05, 4.69) is 25.1 Å². The lowest BCUT2D eigenvalue weighted by Gasteiger charge is -2.30. The van der Waals surface area contributed by atoms with Gasteiger partial charge < -0.3 is 5.32 Å². The van der Waals surface area contributed by atoms with E-state index in [1.54, 1.807) is 0 Å². The van der Waals surface area contributed by atoms with Crippen molar-refractivity contribution in [3.8, 4) is 12.3 Å². The van der Waals surface area contributed by atoms with Gasteiger partial charge in [-0.25, -0.2) is 0 Å². The third-order valence-corrected chi connectivity index (χ3v) is 4.51. The lowest BCUT2D eigenvalue weighted by Crippen LogP contribution is -2.41. The van der Waals surface area contributed by atoms with Crippen molar-refractivity contribution in [2.45, 2.75) is 58.0 Å². The Hall–Kier alpha value is -0.480. The lowest BCUT2D eigenvalue weighted by molar-refractivity contribution is 0.253. The molecule has 0 amide bonds. The molecule has 0 aliphatic heterocycles. The molecule has 1 N–H and O–H groups in total. The van der Waals surface area contributed by atoms with Gasteiger partial charge in [0.15, 0.2) is 0 Å². The molecular weight excluding hydrogens is 182 g/mol. The van der Waals surface area contributed by atoms with Crippen molar-refractivity contribution in [1.82, 2.24) is 5.32 Å². The van der Waals surface area contributed by atoms with Crippen molar-refractivity contribution in [3.63, 3.8) is 0 Å². The molecule has 5 atom stereocenters. The maximum Gasteiger partial charge on any atom is 0.0686 e. The second-order valence-electron chi connectivity index (χ2n) is 5.42. The van der Waals surface area contributed by atoms with Crippen molar-refractivity contribution in [2.75, 3.05) is 0 Å². The summed E-state index contributed by atoms with van der Waals surface area (Å²) in [6.45, 7) is 4.48. The van der Waals surface area contributed by atoms with E-state index < -0.39 is 0 Å². The Bertz CT molecular complexity index is 253. The normalized spacial score (nSPS) is 37.5. The molecule has 0 heterocycles. The summed E-state index contributed by atoms with van der Waals surface area (Å²) in [6, 6.07) is 0.889. The predicted molar refractivity (Wildman–Crippen MR) is 64.4 cm³/mol. The Labute approximate surface area is 94.0 Å². The van der Waals surface area contributed by atoms with E-state index >= 15 is 0 Å². The Morgan fingerprint density at radius 2 is 2.20 bits per heavy atom. The predicted octanol–water partition coefficient (Wildman–Crippen LogP) is 2.81. The molecule has 0 aromatic carbocycles. The van der Waals surface area contributed by atoms with Gasteiger partial charge in [-0.15, -0.1) is 6.42 Å². The first-order valence-electron chi connectivity index (χ1n) is 6.46. The second kappa shape index (κ2) is 4.58. The Morgan fingerprint density at radius 3 is 2.67 bits per heavy atom. The monoisotopic (exact) mass is 205 g/mol. The topological polar surface area (TPSA) is 12.0 Å². The quantitative estimate of drug-likeness (QED) is 0.696. The highest BCUT2D eigenvalue weighted by atomic mass is 14.9. The van der Waals surface area contributed by atoms with Crippen LogP contribution >= 0.6 is 0 Å². The first-order chi connectivity index (χ1) is 7.24. The maximum atomic E-state index is 5.49. The lowest BCUT2D eigenvalue weighted by atomic mass is 9.83. The molecule has 2 aliphatic carbocycles. The van der Waals surface area contributed by atoms with Gasteiger partial charge in [-0.1, -0.05) is 19.3 Å². The zero-order chi connectivity index (χ0) is 10.8. The molecule has 2 fully saturated rings. The minimum atomic E-state index is 0.277. The number of rotatable bonds is 4. The molecule has 1 nitrogen and oxygen atoms in total. The molecule has 2 bridgehead atoms. The van der Waals surface area contributed by atoms with Crippen LogP contribution in [0.4, 0.5) is 0 Å². The van der Waals surface area contributed by atoms with Gasteiger partial charge in [-0.2, -0.15) is 0 Å². The average molecular weight is 205 g/mol. The molecule has 0 radical (unpaired) electrons. The maximum absolute atomic E-state index is 5.49. The molecule has 0 saturated heterocycles. The summed E-state index contributed by atoms with van der Waals surface area (Å²) in [5.41, 5.74) is 0. The Morgan fingerprint density at radius 1 is 1.40 bits per heavy atom. The Kier molecular flexibility index (Phi) is 3.36. The first-order valence-corrected chi connectivity index (χ1v) is 6.46. The van der Waals surface area contributed by atoms with E-state index in [4.69, 9.17) is 6.42 Å². The molecule has 0 aromatic heterocycles. The third-order valence-electron chi connectivity index (χ3n) is 4.51. The first kappa shape index (κ1) is 11.0. The average Bonchev–Trinajstić information content (AvgIpc) is 2.87. The molecular formula is C14H23N. The van der Waals surface area contributed by atoms with Crippen LogP contribution in [0.2, 0.25) is 0 Å². The van der Waals surface area contributed by atoms with E-state index in [9.17, 15) is 0 Å². The van der Waals surface area contributed by atoms with Crippen LogP contribution in [-0.2, 0) is 0 Å². The zero-order valence-electron chi connectivity index (χ0n) is 10.00. The molecule has 5 unspecified atom stereocenters. The minimum Gasteiger partial charge on any atom is -0.301 e. The molecule has 84 valence electrons. The summed E-state index contributed by atoms with van der Waals surface area (Å²) in [4.78, 5) is 0. The van der Waals surface area contributed by atoms with Crippen molar-refractivity contribution in [1.29, 1.82) is 0 Å². The van der Waals surface area contributed by atoms with Crippen LogP contribution in [0.5, 0.6) is 0 Å². The number of terminal acetylenes is 1. The number of hydrogen-bond acceptors (Lipinski definition) is 1. The van der Waals surface area contributed by atoms with Crippen molar-refractivity contribution in [2.24, 2.45) is 17.8 Å². The fourth-order valence-electron chi connectivity index (χ4n) is 3.63.